The van der Waals surface area contributed by atoms with Gasteiger partial charge in [0, 0.05) is 6.04 Å². The molecule has 1 N–H and O–H groups in total. The maximum atomic E-state index is 3.66. The lowest BCUT2D eigenvalue weighted by Crippen LogP contribution is -2.35. The Bertz CT molecular complexity index is 146. The first-order valence-electron chi connectivity index (χ1n) is 6.64. The molecule has 0 saturated heterocycles. The van der Waals surface area contributed by atoms with Gasteiger partial charge in [0.1, 0.15) is 0 Å². The minimum atomic E-state index is 0.483. The molecule has 0 bridgehead atoms. The lowest BCUT2D eigenvalue weighted by Gasteiger charge is -2.27. The van der Waals surface area contributed by atoms with E-state index in [1.54, 1.807) is 0 Å². The second kappa shape index (κ2) is 7.27. The number of rotatable bonds is 7. The minimum absolute atomic E-state index is 0.483. The standard InChI is InChI=1S/C14H31N/c1-7-11-15-13(8-2)12(3)9-10-14(4,5)6/h12-13,15H,7-11H2,1-6H3. The van der Waals surface area contributed by atoms with Gasteiger partial charge in [0.05, 0.1) is 0 Å². The molecule has 0 radical (unpaired) electrons. The van der Waals surface area contributed by atoms with E-state index in [0.29, 0.717) is 11.5 Å². The largest absolute Gasteiger partial charge is 0.314 e. The van der Waals surface area contributed by atoms with Crippen molar-refractivity contribution in [1.29, 1.82) is 0 Å². The Kier molecular flexibility index (Phi) is 7.25. The highest BCUT2D eigenvalue weighted by molar-refractivity contribution is 4.74. The average Bonchev–Trinajstić information content (AvgIpc) is 2.15. The topological polar surface area (TPSA) is 12.0 Å². The molecule has 2 atom stereocenters. The molecule has 0 aromatic carbocycles. The van der Waals surface area contributed by atoms with Gasteiger partial charge in [-0.2, -0.15) is 0 Å². The Morgan fingerprint density at radius 1 is 1.13 bits per heavy atom. The zero-order valence-corrected chi connectivity index (χ0v) is 11.7. The van der Waals surface area contributed by atoms with Gasteiger partial charge in [-0.3, -0.25) is 0 Å². The third-order valence-corrected chi connectivity index (χ3v) is 3.13. The smallest absolute Gasteiger partial charge is 0.00900 e. The molecule has 0 saturated carbocycles. The fraction of sp³-hybridized carbons (Fsp3) is 1.00. The summed E-state index contributed by atoms with van der Waals surface area (Å²) in [6.07, 6.45) is 5.17. The summed E-state index contributed by atoms with van der Waals surface area (Å²) in [5.41, 5.74) is 0.483. The molecule has 0 fully saturated rings. The second-order valence-corrected chi connectivity index (χ2v) is 6.05. The van der Waals surface area contributed by atoms with Gasteiger partial charge in [0.15, 0.2) is 0 Å². The van der Waals surface area contributed by atoms with Gasteiger partial charge in [0.2, 0.25) is 0 Å². The third kappa shape index (κ3) is 7.84. The van der Waals surface area contributed by atoms with Crippen LogP contribution in [-0.2, 0) is 0 Å². The molecule has 0 aromatic heterocycles. The van der Waals surface area contributed by atoms with E-state index < -0.39 is 0 Å². The van der Waals surface area contributed by atoms with Crippen molar-refractivity contribution in [2.45, 2.75) is 73.3 Å². The van der Waals surface area contributed by atoms with Crippen LogP contribution in [0.4, 0.5) is 0 Å². The molecule has 92 valence electrons. The van der Waals surface area contributed by atoms with Crippen molar-refractivity contribution in [2.75, 3.05) is 6.54 Å². The van der Waals surface area contributed by atoms with Crippen LogP contribution in [-0.4, -0.2) is 12.6 Å². The van der Waals surface area contributed by atoms with Gasteiger partial charge in [0.25, 0.3) is 0 Å². The maximum absolute atomic E-state index is 3.66. The quantitative estimate of drug-likeness (QED) is 0.667. The van der Waals surface area contributed by atoms with E-state index in [4.69, 9.17) is 0 Å². The highest BCUT2D eigenvalue weighted by Crippen LogP contribution is 2.25. The molecule has 0 aromatic rings. The van der Waals surface area contributed by atoms with Gasteiger partial charge in [-0.05, 0) is 43.6 Å². The van der Waals surface area contributed by atoms with Gasteiger partial charge in [-0.25, -0.2) is 0 Å². The van der Waals surface area contributed by atoms with E-state index in [2.05, 4.69) is 46.9 Å². The van der Waals surface area contributed by atoms with Crippen LogP contribution in [0.2, 0.25) is 0 Å². The Balaban J connectivity index is 3.87. The molecule has 15 heavy (non-hydrogen) atoms. The fourth-order valence-corrected chi connectivity index (χ4v) is 1.94. The van der Waals surface area contributed by atoms with Crippen LogP contribution in [0, 0.1) is 11.3 Å². The normalized spacial score (nSPS) is 16.4. The van der Waals surface area contributed by atoms with Crippen molar-refractivity contribution in [1.82, 2.24) is 5.32 Å². The van der Waals surface area contributed by atoms with Crippen molar-refractivity contribution in [2.24, 2.45) is 11.3 Å². The molecule has 2 unspecified atom stereocenters. The second-order valence-electron chi connectivity index (χ2n) is 6.05. The van der Waals surface area contributed by atoms with E-state index >= 15 is 0 Å². The highest BCUT2D eigenvalue weighted by Gasteiger charge is 2.17. The molecule has 0 aliphatic carbocycles. The Morgan fingerprint density at radius 3 is 2.13 bits per heavy atom. The first-order chi connectivity index (χ1) is 6.90. The molecule has 0 rings (SSSR count). The summed E-state index contributed by atoms with van der Waals surface area (Å²) in [5, 5.41) is 3.66. The van der Waals surface area contributed by atoms with Crippen molar-refractivity contribution in [3.05, 3.63) is 0 Å². The zero-order valence-electron chi connectivity index (χ0n) is 11.7. The number of hydrogen-bond acceptors (Lipinski definition) is 1. The average molecular weight is 213 g/mol. The lowest BCUT2D eigenvalue weighted by atomic mass is 9.84. The molecule has 0 aliphatic heterocycles. The fourth-order valence-electron chi connectivity index (χ4n) is 1.94. The summed E-state index contributed by atoms with van der Waals surface area (Å²) in [7, 11) is 0. The summed E-state index contributed by atoms with van der Waals surface area (Å²) in [6, 6.07) is 0.715. The van der Waals surface area contributed by atoms with Crippen LogP contribution in [0.25, 0.3) is 0 Å². The van der Waals surface area contributed by atoms with Gasteiger partial charge in [-0.1, -0.05) is 41.5 Å². The lowest BCUT2D eigenvalue weighted by molar-refractivity contribution is 0.282. The van der Waals surface area contributed by atoms with Gasteiger partial charge < -0.3 is 5.32 Å². The SMILES string of the molecule is CCCNC(CC)C(C)CCC(C)(C)C. The van der Waals surface area contributed by atoms with E-state index in [-0.39, 0.29) is 0 Å². The van der Waals surface area contributed by atoms with Gasteiger partial charge >= 0.3 is 0 Å². The molecule has 0 spiro atoms. The van der Waals surface area contributed by atoms with Crippen molar-refractivity contribution < 1.29 is 0 Å². The van der Waals surface area contributed by atoms with Crippen LogP contribution >= 0.6 is 0 Å². The predicted octanol–water partition coefficient (Wildman–Crippen LogP) is 4.23. The highest BCUT2D eigenvalue weighted by atomic mass is 14.9. The summed E-state index contributed by atoms with van der Waals surface area (Å²) >= 11 is 0. The van der Waals surface area contributed by atoms with Crippen LogP contribution in [0.1, 0.15) is 67.2 Å². The van der Waals surface area contributed by atoms with Crippen molar-refractivity contribution in [3.63, 3.8) is 0 Å². The summed E-state index contributed by atoms with van der Waals surface area (Å²) in [6.45, 7) is 15.1. The monoisotopic (exact) mass is 213 g/mol. The Labute approximate surface area is 97.0 Å². The Hall–Kier alpha value is -0.0400. The molecular formula is C14H31N. The van der Waals surface area contributed by atoms with E-state index in [0.717, 1.165) is 5.92 Å². The maximum Gasteiger partial charge on any atom is 0.00900 e. The third-order valence-electron chi connectivity index (χ3n) is 3.13. The first-order valence-corrected chi connectivity index (χ1v) is 6.64. The van der Waals surface area contributed by atoms with Gasteiger partial charge in [-0.15, -0.1) is 0 Å². The molecular weight excluding hydrogens is 182 g/mol. The van der Waals surface area contributed by atoms with E-state index in [1.165, 1.54) is 32.2 Å². The summed E-state index contributed by atoms with van der Waals surface area (Å²) in [5.74, 6) is 0.806. The van der Waals surface area contributed by atoms with Crippen molar-refractivity contribution in [3.8, 4) is 0 Å². The summed E-state index contributed by atoms with van der Waals surface area (Å²) in [4.78, 5) is 0. The van der Waals surface area contributed by atoms with Crippen LogP contribution in [0.3, 0.4) is 0 Å². The Morgan fingerprint density at radius 2 is 1.73 bits per heavy atom. The van der Waals surface area contributed by atoms with E-state index in [9.17, 15) is 0 Å². The summed E-state index contributed by atoms with van der Waals surface area (Å²) < 4.78 is 0. The first kappa shape index (κ1) is 15.0. The molecule has 0 aliphatic rings. The molecule has 1 nitrogen and oxygen atoms in total. The molecule has 0 amide bonds. The molecule has 1 heteroatoms. The molecule has 0 heterocycles. The number of hydrogen-bond donors (Lipinski definition) is 1. The van der Waals surface area contributed by atoms with Crippen LogP contribution in [0.15, 0.2) is 0 Å². The minimum Gasteiger partial charge on any atom is -0.314 e. The van der Waals surface area contributed by atoms with Crippen molar-refractivity contribution >= 4 is 0 Å². The van der Waals surface area contributed by atoms with Crippen LogP contribution < -0.4 is 5.32 Å². The van der Waals surface area contributed by atoms with Crippen LogP contribution in [0.5, 0.6) is 0 Å². The zero-order chi connectivity index (χ0) is 11.9. The van der Waals surface area contributed by atoms with E-state index in [1.807, 2.05) is 0 Å². The number of nitrogens with one attached hydrogen (secondary N) is 1. The predicted molar refractivity (Wildman–Crippen MR) is 70.2 cm³/mol.